The van der Waals surface area contributed by atoms with E-state index < -0.39 is 0 Å². The van der Waals surface area contributed by atoms with Crippen LogP contribution in [0.4, 0.5) is 0 Å². The second kappa shape index (κ2) is 5.87. The van der Waals surface area contributed by atoms with E-state index in [1.54, 1.807) is 7.11 Å². The Morgan fingerprint density at radius 2 is 2.04 bits per heavy atom. The Morgan fingerprint density at radius 3 is 2.76 bits per heavy atom. The molecule has 0 aliphatic heterocycles. The number of rotatable bonds is 2. The van der Waals surface area contributed by atoms with E-state index in [2.05, 4.69) is 19.1 Å². The minimum atomic E-state index is -0.328. The van der Waals surface area contributed by atoms with Gasteiger partial charge in [0.1, 0.15) is 0 Å². The molecule has 3 aliphatic carbocycles. The first-order valence-corrected chi connectivity index (χ1v) is 9.22. The molecule has 1 fully saturated rings. The maximum atomic E-state index is 11.4. The molecule has 1 saturated carbocycles. The summed E-state index contributed by atoms with van der Waals surface area (Å²) in [6.45, 7) is 3.64. The number of hydrogen-bond acceptors (Lipinski definition) is 4. The molecule has 4 nitrogen and oxygen atoms in total. The molecule has 0 saturated heterocycles. The fourth-order valence-corrected chi connectivity index (χ4v) is 5.30. The highest BCUT2D eigenvalue weighted by Gasteiger charge is 2.50. The van der Waals surface area contributed by atoms with E-state index in [1.165, 1.54) is 23.6 Å². The lowest BCUT2D eigenvalue weighted by Crippen LogP contribution is -2.40. The number of hydrogen-bond donors (Lipinski definition) is 1. The summed E-state index contributed by atoms with van der Waals surface area (Å²) in [5.74, 6) is 1.79. The minimum Gasteiger partial charge on any atom is -0.493 e. The van der Waals surface area contributed by atoms with Gasteiger partial charge in [0.25, 0.3) is 0 Å². The topological polar surface area (TPSA) is 55.8 Å². The zero-order valence-electron chi connectivity index (χ0n) is 15.2. The molecule has 0 bridgehead atoms. The molecule has 1 aromatic rings. The molecule has 0 aromatic heterocycles. The van der Waals surface area contributed by atoms with Crippen molar-refractivity contribution < 1.29 is 19.4 Å². The number of benzene rings is 1. The standard InChI is InChI=1S/C21H26O4/c1-12(22)25-19-10-13-4-5-15-14(16(13)11-18(19)24-3)8-9-21(2)17(15)6-7-20(21)23/h6,10-11,14-15,20,23H,4-5,7-9H2,1-3H3/t14-,15+,20-,21-/m0/s1. The third kappa shape index (κ3) is 2.50. The fourth-order valence-electron chi connectivity index (χ4n) is 5.30. The van der Waals surface area contributed by atoms with Gasteiger partial charge in [0, 0.05) is 12.3 Å². The zero-order chi connectivity index (χ0) is 17.8. The number of aliphatic hydroxyl groups excluding tert-OH is 1. The number of carbonyl (C=O) groups is 1. The number of aliphatic hydroxyl groups is 1. The van der Waals surface area contributed by atoms with Crippen LogP contribution in [0.2, 0.25) is 0 Å². The van der Waals surface area contributed by atoms with Gasteiger partial charge < -0.3 is 14.6 Å². The van der Waals surface area contributed by atoms with Crippen LogP contribution in [0, 0.1) is 11.3 Å². The van der Waals surface area contributed by atoms with Gasteiger partial charge in [-0.3, -0.25) is 4.79 Å². The summed E-state index contributed by atoms with van der Waals surface area (Å²) >= 11 is 0. The second-order valence-corrected chi connectivity index (χ2v) is 7.91. The average Bonchev–Trinajstić information content (AvgIpc) is 2.89. The van der Waals surface area contributed by atoms with Crippen molar-refractivity contribution in [3.8, 4) is 11.5 Å². The lowest BCUT2D eigenvalue weighted by Gasteiger charge is -2.47. The summed E-state index contributed by atoms with van der Waals surface area (Å²) in [5, 5.41) is 10.5. The lowest BCUT2D eigenvalue weighted by atomic mass is 9.58. The van der Waals surface area contributed by atoms with Gasteiger partial charge in [0.05, 0.1) is 13.2 Å². The molecule has 134 valence electrons. The number of aryl methyl sites for hydroxylation is 1. The molecule has 1 N–H and O–H groups in total. The SMILES string of the molecule is COc1cc2c(cc1OC(C)=O)CC[C@H]1C3=CC[C@H](O)[C@@]3(C)CC[C@H]21. The van der Waals surface area contributed by atoms with E-state index in [-0.39, 0.29) is 17.5 Å². The molecule has 4 atom stereocenters. The van der Waals surface area contributed by atoms with Crippen molar-refractivity contribution in [1.29, 1.82) is 0 Å². The summed E-state index contributed by atoms with van der Waals surface area (Å²) in [7, 11) is 1.61. The number of esters is 1. The average molecular weight is 342 g/mol. The van der Waals surface area contributed by atoms with Crippen LogP contribution in [-0.4, -0.2) is 24.3 Å². The van der Waals surface area contributed by atoms with Crippen LogP contribution in [0.25, 0.3) is 0 Å². The molecule has 0 unspecified atom stereocenters. The van der Waals surface area contributed by atoms with E-state index in [4.69, 9.17) is 9.47 Å². The van der Waals surface area contributed by atoms with Gasteiger partial charge in [-0.1, -0.05) is 18.6 Å². The van der Waals surface area contributed by atoms with Crippen molar-refractivity contribution in [2.45, 2.75) is 58.0 Å². The van der Waals surface area contributed by atoms with Crippen molar-refractivity contribution >= 4 is 5.97 Å². The van der Waals surface area contributed by atoms with Gasteiger partial charge >= 0.3 is 5.97 Å². The Bertz CT molecular complexity index is 751. The van der Waals surface area contributed by atoms with Gasteiger partial charge in [0.15, 0.2) is 11.5 Å². The first-order chi connectivity index (χ1) is 11.9. The second-order valence-electron chi connectivity index (χ2n) is 7.91. The largest absolute Gasteiger partial charge is 0.493 e. The summed E-state index contributed by atoms with van der Waals surface area (Å²) in [5.41, 5.74) is 4.01. The molecular formula is C21H26O4. The van der Waals surface area contributed by atoms with E-state index in [0.29, 0.717) is 23.3 Å². The highest BCUT2D eigenvalue weighted by atomic mass is 16.6. The van der Waals surface area contributed by atoms with Crippen LogP contribution < -0.4 is 9.47 Å². The first kappa shape index (κ1) is 16.6. The van der Waals surface area contributed by atoms with Crippen molar-refractivity contribution in [2.75, 3.05) is 7.11 Å². The Balaban J connectivity index is 1.72. The highest BCUT2D eigenvalue weighted by Crippen LogP contribution is 2.59. The van der Waals surface area contributed by atoms with Crippen molar-refractivity contribution in [1.82, 2.24) is 0 Å². The summed E-state index contributed by atoms with van der Waals surface area (Å²) in [4.78, 5) is 11.4. The van der Waals surface area contributed by atoms with Crippen LogP contribution in [0.3, 0.4) is 0 Å². The molecule has 25 heavy (non-hydrogen) atoms. The molecule has 0 heterocycles. The van der Waals surface area contributed by atoms with Crippen LogP contribution in [0.1, 0.15) is 56.6 Å². The number of carbonyl (C=O) groups excluding carboxylic acids is 1. The van der Waals surface area contributed by atoms with Crippen LogP contribution in [-0.2, 0) is 11.2 Å². The Hall–Kier alpha value is -1.81. The van der Waals surface area contributed by atoms with E-state index in [0.717, 1.165) is 32.1 Å². The maximum Gasteiger partial charge on any atom is 0.308 e. The van der Waals surface area contributed by atoms with E-state index in [1.807, 2.05) is 6.07 Å². The number of methoxy groups -OCH3 is 1. The molecule has 0 amide bonds. The third-order valence-electron chi connectivity index (χ3n) is 6.62. The van der Waals surface area contributed by atoms with E-state index in [9.17, 15) is 9.90 Å². The molecule has 1 aromatic carbocycles. The maximum absolute atomic E-state index is 11.4. The quantitative estimate of drug-likeness (QED) is 0.505. The van der Waals surface area contributed by atoms with E-state index >= 15 is 0 Å². The minimum absolute atomic E-state index is 0.0412. The lowest BCUT2D eigenvalue weighted by molar-refractivity contribution is -0.132. The number of fused-ring (bicyclic) bond motifs is 5. The monoisotopic (exact) mass is 342 g/mol. The molecule has 0 radical (unpaired) electrons. The smallest absolute Gasteiger partial charge is 0.308 e. The van der Waals surface area contributed by atoms with Crippen molar-refractivity contribution in [3.63, 3.8) is 0 Å². The van der Waals surface area contributed by atoms with Crippen molar-refractivity contribution in [3.05, 3.63) is 34.9 Å². The summed E-state index contributed by atoms with van der Waals surface area (Å²) < 4.78 is 10.8. The fraction of sp³-hybridized carbons (Fsp3) is 0.571. The zero-order valence-corrected chi connectivity index (χ0v) is 15.2. The van der Waals surface area contributed by atoms with Gasteiger partial charge in [-0.05, 0) is 67.2 Å². The van der Waals surface area contributed by atoms with Gasteiger partial charge in [-0.25, -0.2) is 0 Å². The van der Waals surface area contributed by atoms with Crippen LogP contribution in [0.15, 0.2) is 23.8 Å². The predicted octanol–water partition coefficient (Wildman–Crippen LogP) is 3.76. The first-order valence-electron chi connectivity index (χ1n) is 9.22. The highest BCUT2D eigenvalue weighted by molar-refractivity contribution is 5.71. The number of ether oxygens (including phenoxy) is 2. The Labute approximate surface area is 148 Å². The molecular weight excluding hydrogens is 316 g/mol. The van der Waals surface area contributed by atoms with Crippen molar-refractivity contribution in [2.24, 2.45) is 11.3 Å². The summed E-state index contributed by atoms with van der Waals surface area (Å²) in [6.07, 6.45) is 7.02. The molecule has 3 aliphatic rings. The van der Waals surface area contributed by atoms with Gasteiger partial charge in [-0.2, -0.15) is 0 Å². The predicted molar refractivity (Wildman–Crippen MR) is 94.9 cm³/mol. The molecule has 0 spiro atoms. The normalized spacial score (nSPS) is 33.0. The Morgan fingerprint density at radius 1 is 1.24 bits per heavy atom. The van der Waals surface area contributed by atoms with Gasteiger partial charge in [-0.15, -0.1) is 0 Å². The third-order valence-corrected chi connectivity index (χ3v) is 6.62. The van der Waals surface area contributed by atoms with Crippen LogP contribution >= 0.6 is 0 Å². The van der Waals surface area contributed by atoms with Gasteiger partial charge in [0.2, 0.25) is 0 Å². The molecule has 4 heteroatoms. The molecule has 4 rings (SSSR count). The van der Waals surface area contributed by atoms with Crippen LogP contribution in [0.5, 0.6) is 11.5 Å². The Kier molecular flexibility index (Phi) is 3.91. The summed E-state index contributed by atoms with van der Waals surface area (Å²) in [6, 6.07) is 4.05.